The van der Waals surface area contributed by atoms with E-state index in [2.05, 4.69) is 0 Å². The highest BCUT2D eigenvalue weighted by Gasteiger charge is 2.31. The Morgan fingerprint density at radius 2 is 2.16 bits per heavy atom. The number of rotatable bonds is 3. The van der Waals surface area contributed by atoms with Crippen molar-refractivity contribution in [2.75, 3.05) is 20.2 Å². The van der Waals surface area contributed by atoms with Gasteiger partial charge in [0.25, 0.3) is 0 Å². The molecule has 5 nitrogen and oxygen atoms in total. The number of sulfonamides is 1. The molecule has 1 atom stereocenters. The van der Waals surface area contributed by atoms with E-state index in [1.54, 1.807) is 0 Å². The van der Waals surface area contributed by atoms with Gasteiger partial charge in [0.1, 0.15) is 0 Å². The number of hydrogen-bond donors (Lipinski definition) is 1. The van der Waals surface area contributed by atoms with Crippen LogP contribution >= 0.6 is 12.4 Å². The highest BCUT2D eigenvalue weighted by Crippen LogP contribution is 2.25. The second-order valence-electron chi connectivity index (χ2n) is 4.21. The number of nitrogens with two attached hydrogens (primary N) is 1. The van der Waals surface area contributed by atoms with E-state index in [4.69, 9.17) is 10.5 Å². The molecule has 0 unspecified atom stereocenters. The quantitative estimate of drug-likeness (QED) is 0.903. The molecule has 0 radical (unpaired) electrons. The molecule has 0 bridgehead atoms. The minimum atomic E-state index is -3.66. The Kier molecular flexibility index (Phi) is 5.14. The third kappa shape index (κ3) is 3.17. The smallest absolute Gasteiger partial charge is 0.243 e. The summed E-state index contributed by atoms with van der Waals surface area (Å²) in [5.74, 6) is -0.672. The van der Waals surface area contributed by atoms with Crippen LogP contribution < -0.4 is 10.5 Å². The Bertz CT molecular complexity index is 553. The molecule has 1 heterocycles. The van der Waals surface area contributed by atoms with Crippen molar-refractivity contribution in [3.8, 4) is 5.75 Å². The minimum absolute atomic E-state index is 0. The van der Waals surface area contributed by atoms with Gasteiger partial charge in [-0.25, -0.2) is 12.8 Å². The molecular weight excluding hydrogens is 295 g/mol. The Labute approximate surface area is 118 Å². The van der Waals surface area contributed by atoms with Crippen molar-refractivity contribution in [2.45, 2.75) is 17.4 Å². The van der Waals surface area contributed by atoms with Gasteiger partial charge in [-0.3, -0.25) is 0 Å². The van der Waals surface area contributed by atoms with Crippen molar-refractivity contribution in [3.63, 3.8) is 0 Å². The standard InChI is InChI=1S/C11H15FN2O3S.ClH/c1-17-11-3-2-9(6-10(11)12)18(15,16)14-5-4-8(13)7-14;/h2-3,6,8H,4-5,7,13H2,1H3;1H/t8-;/m0./s1. The molecule has 1 aliphatic heterocycles. The third-order valence-electron chi connectivity index (χ3n) is 2.95. The molecule has 0 saturated carbocycles. The predicted molar refractivity (Wildman–Crippen MR) is 71.6 cm³/mol. The average molecular weight is 311 g/mol. The summed E-state index contributed by atoms with van der Waals surface area (Å²) in [6, 6.07) is 3.46. The molecule has 0 aromatic heterocycles. The maximum absolute atomic E-state index is 13.5. The predicted octanol–water partition coefficient (Wildman–Crippen LogP) is 0.978. The second kappa shape index (κ2) is 6.04. The number of ether oxygens (including phenoxy) is 1. The Balaban J connectivity index is 0.00000180. The number of nitrogens with zero attached hydrogens (tertiary/aromatic N) is 1. The summed E-state index contributed by atoms with van der Waals surface area (Å²) >= 11 is 0. The van der Waals surface area contributed by atoms with Gasteiger partial charge in [0.15, 0.2) is 11.6 Å². The van der Waals surface area contributed by atoms with Gasteiger partial charge in [-0.05, 0) is 24.6 Å². The van der Waals surface area contributed by atoms with Gasteiger partial charge < -0.3 is 10.5 Å². The molecule has 2 rings (SSSR count). The zero-order valence-corrected chi connectivity index (χ0v) is 12.0. The van der Waals surface area contributed by atoms with Crippen molar-refractivity contribution in [1.29, 1.82) is 0 Å². The third-order valence-corrected chi connectivity index (χ3v) is 4.81. The van der Waals surface area contributed by atoms with E-state index in [0.29, 0.717) is 13.0 Å². The lowest BCUT2D eigenvalue weighted by Gasteiger charge is -2.16. The molecule has 1 fully saturated rings. The molecular formula is C11H16ClFN2O3S. The van der Waals surface area contributed by atoms with Crippen LogP contribution in [0.4, 0.5) is 4.39 Å². The maximum Gasteiger partial charge on any atom is 0.243 e. The molecule has 1 aliphatic rings. The fraction of sp³-hybridized carbons (Fsp3) is 0.455. The lowest BCUT2D eigenvalue weighted by atomic mass is 10.3. The van der Waals surface area contributed by atoms with Crippen molar-refractivity contribution >= 4 is 22.4 Å². The van der Waals surface area contributed by atoms with Gasteiger partial charge >= 0.3 is 0 Å². The van der Waals surface area contributed by atoms with E-state index in [-0.39, 0.29) is 35.6 Å². The summed E-state index contributed by atoms with van der Waals surface area (Å²) in [5.41, 5.74) is 5.68. The van der Waals surface area contributed by atoms with Gasteiger partial charge in [-0.15, -0.1) is 12.4 Å². The SMILES string of the molecule is COc1ccc(S(=O)(=O)N2CC[C@H](N)C2)cc1F.Cl. The Morgan fingerprint density at radius 3 is 2.63 bits per heavy atom. The summed E-state index contributed by atoms with van der Waals surface area (Å²) in [5, 5.41) is 0. The molecule has 0 spiro atoms. The van der Waals surface area contributed by atoms with Crippen molar-refractivity contribution in [1.82, 2.24) is 4.31 Å². The fourth-order valence-corrected chi connectivity index (χ4v) is 3.45. The molecule has 19 heavy (non-hydrogen) atoms. The van der Waals surface area contributed by atoms with E-state index in [1.165, 1.54) is 23.5 Å². The van der Waals surface area contributed by atoms with Crippen LogP contribution in [0.15, 0.2) is 23.1 Å². The van der Waals surface area contributed by atoms with Crippen LogP contribution in [-0.4, -0.2) is 39.0 Å². The average Bonchev–Trinajstić information content (AvgIpc) is 2.76. The molecule has 0 aliphatic carbocycles. The van der Waals surface area contributed by atoms with Crippen molar-refractivity contribution < 1.29 is 17.5 Å². The summed E-state index contributed by atoms with van der Waals surface area (Å²) in [6.45, 7) is 0.646. The largest absolute Gasteiger partial charge is 0.494 e. The van der Waals surface area contributed by atoms with Crippen molar-refractivity contribution in [2.24, 2.45) is 5.73 Å². The monoisotopic (exact) mass is 310 g/mol. The highest BCUT2D eigenvalue weighted by atomic mass is 35.5. The fourth-order valence-electron chi connectivity index (χ4n) is 1.93. The van der Waals surface area contributed by atoms with Crippen LogP contribution in [0.3, 0.4) is 0 Å². The lowest BCUT2D eigenvalue weighted by Crippen LogP contribution is -2.32. The van der Waals surface area contributed by atoms with Gasteiger partial charge in [-0.2, -0.15) is 4.31 Å². The molecule has 108 valence electrons. The second-order valence-corrected chi connectivity index (χ2v) is 6.15. The first-order valence-corrected chi connectivity index (χ1v) is 6.98. The zero-order chi connectivity index (χ0) is 13.3. The first kappa shape index (κ1) is 16.2. The van der Waals surface area contributed by atoms with E-state index < -0.39 is 15.8 Å². The van der Waals surface area contributed by atoms with Crippen molar-refractivity contribution in [3.05, 3.63) is 24.0 Å². The van der Waals surface area contributed by atoms with E-state index in [1.807, 2.05) is 0 Å². The Morgan fingerprint density at radius 1 is 1.47 bits per heavy atom. The van der Waals surface area contributed by atoms with Crippen LogP contribution in [0.25, 0.3) is 0 Å². The van der Waals surface area contributed by atoms with Gasteiger partial charge in [0.2, 0.25) is 10.0 Å². The maximum atomic E-state index is 13.5. The molecule has 1 saturated heterocycles. The van der Waals surface area contributed by atoms with Crippen LogP contribution in [-0.2, 0) is 10.0 Å². The first-order chi connectivity index (χ1) is 8.45. The normalized spacial score (nSPS) is 20.1. The van der Waals surface area contributed by atoms with Gasteiger partial charge in [-0.1, -0.05) is 0 Å². The summed E-state index contributed by atoms with van der Waals surface area (Å²) in [6.07, 6.45) is 0.623. The van der Waals surface area contributed by atoms with Crippen LogP contribution in [0.2, 0.25) is 0 Å². The van der Waals surface area contributed by atoms with Crippen LogP contribution in [0.1, 0.15) is 6.42 Å². The minimum Gasteiger partial charge on any atom is -0.494 e. The lowest BCUT2D eigenvalue weighted by molar-refractivity contribution is 0.385. The molecule has 0 amide bonds. The highest BCUT2D eigenvalue weighted by molar-refractivity contribution is 7.89. The molecule has 8 heteroatoms. The van der Waals surface area contributed by atoms with Crippen LogP contribution in [0, 0.1) is 5.82 Å². The summed E-state index contributed by atoms with van der Waals surface area (Å²) in [7, 11) is -2.34. The number of halogens is 2. The number of methoxy groups -OCH3 is 1. The Hall–Kier alpha value is -0.890. The molecule has 2 N–H and O–H groups in total. The summed E-state index contributed by atoms with van der Waals surface area (Å²) in [4.78, 5) is -0.0742. The topological polar surface area (TPSA) is 72.6 Å². The van der Waals surface area contributed by atoms with E-state index in [0.717, 1.165) is 6.07 Å². The zero-order valence-electron chi connectivity index (χ0n) is 10.4. The van der Waals surface area contributed by atoms with E-state index in [9.17, 15) is 12.8 Å². The van der Waals surface area contributed by atoms with Crippen LogP contribution in [0.5, 0.6) is 5.75 Å². The van der Waals surface area contributed by atoms with E-state index >= 15 is 0 Å². The molecule has 1 aromatic rings. The number of benzene rings is 1. The van der Waals surface area contributed by atoms with Gasteiger partial charge in [0, 0.05) is 19.1 Å². The van der Waals surface area contributed by atoms with Gasteiger partial charge in [0.05, 0.1) is 12.0 Å². The molecule has 1 aromatic carbocycles. The summed E-state index contributed by atoms with van der Waals surface area (Å²) < 4.78 is 43.9. The first-order valence-electron chi connectivity index (χ1n) is 5.54. The number of hydrogen-bond acceptors (Lipinski definition) is 4.